The van der Waals surface area contributed by atoms with Crippen molar-refractivity contribution in [2.75, 3.05) is 13.2 Å². The minimum Gasteiger partial charge on any atom is -0.394 e. The maximum atomic E-state index is 13.9. The molecule has 4 rings (SSSR count). The fourth-order valence-electron chi connectivity index (χ4n) is 7.34. The zero-order chi connectivity index (χ0) is 37.6. The van der Waals surface area contributed by atoms with E-state index in [0.29, 0.717) is 6.42 Å². The highest BCUT2D eigenvalue weighted by atomic mass is 32.2. The molecule has 0 spiro atoms. The molecule has 0 bridgehead atoms. The van der Waals surface area contributed by atoms with Gasteiger partial charge in [-0.2, -0.15) is 8.42 Å². The Labute approximate surface area is 321 Å². The monoisotopic (exact) mass is 740 g/mol. The molecule has 0 aliphatic heterocycles. The molecule has 0 saturated carbocycles. The van der Waals surface area contributed by atoms with Crippen LogP contribution in [0.3, 0.4) is 0 Å². The minimum absolute atomic E-state index is 0.158. The van der Waals surface area contributed by atoms with Gasteiger partial charge in [0.2, 0.25) is 0 Å². The first kappa shape index (κ1) is 42.5. The van der Waals surface area contributed by atoms with Crippen molar-refractivity contribution in [1.29, 1.82) is 0 Å². The van der Waals surface area contributed by atoms with Gasteiger partial charge in [0.1, 0.15) is 11.7 Å². The summed E-state index contributed by atoms with van der Waals surface area (Å²) in [4.78, 5) is 0.169. The summed E-state index contributed by atoms with van der Waals surface area (Å²) < 4.78 is 40.3. The van der Waals surface area contributed by atoms with Crippen molar-refractivity contribution in [2.45, 2.75) is 140 Å². The van der Waals surface area contributed by atoms with E-state index in [-0.39, 0.29) is 11.5 Å². The van der Waals surface area contributed by atoms with E-state index in [1.165, 1.54) is 83.5 Å². The van der Waals surface area contributed by atoms with Crippen molar-refractivity contribution < 1.29 is 22.4 Å². The zero-order valence-corrected chi connectivity index (χ0v) is 33.2. The summed E-state index contributed by atoms with van der Waals surface area (Å²) in [5.41, 5.74) is 3.37. The van der Waals surface area contributed by atoms with Crippen LogP contribution in [0.4, 0.5) is 0 Å². The van der Waals surface area contributed by atoms with Crippen LogP contribution in [-0.2, 0) is 31.1 Å². The van der Waals surface area contributed by atoms with E-state index in [1.807, 2.05) is 110 Å². The second-order valence-corrected chi connectivity index (χ2v) is 16.2. The van der Waals surface area contributed by atoms with Crippen molar-refractivity contribution in [1.82, 2.24) is 0 Å². The van der Waals surface area contributed by atoms with Crippen molar-refractivity contribution in [3.05, 3.63) is 137 Å². The molecule has 288 valence electrons. The van der Waals surface area contributed by atoms with Crippen molar-refractivity contribution in [3.8, 4) is 0 Å². The summed E-state index contributed by atoms with van der Waals surface area (Å²) in [6, 6.07) is 35.0. The Balaban J connectivity index is 1.31. The van der Waals surface area contributed by atoms with Gasteiger partial charge >= 0.3 is 0 Å². The molecule has 0 heterocycles. The number of unbranched alkanes of at least 4 members (excludes halogenated alkanes) is 15. The summed E-state index contributed by atoms with van der Waals surface area (Å²) in [6.45, 7) is 3.58. The molecule has 0 aliphatic carbocycles. The molecule has 4 aromatic rings. The summed E-state index contributed by atoms with van der Waals surface area (Å²) in [5.74, 6) is 0. The van der Waals surface area contributed by atoms with Crippen LogP contribution >= 0.6 is 0 Å². The number of ether oxygens (including phenoxy) is 1. The van der Waals surface area contributed by atoms with Crippen LogP contribution < -0.4 is 0 Å². The number of aryl methyl sites for hydroxylation is 2. The number of benzene rings is 4. The molecule has 0 saturated heterocycles. The first-order valence-electron chi connectivity index (χ1n) is 20.3. The molecule has 0 radical (unpaired) electrons. The second kappa shape index (κ2) is 23.5. The highest BCUT2D eigenvalue weighted by Crippen LogP contribution is 2.40. The topological polar surface area (TPSA) is 72.8 Å². The lowest BCUT2D eigenvalue weighted by molar-refractivity contribution is -0.0422. The molecule has 5 nitrogen and oxygen atoms in total. The molecule has 0 aliphatic rings. The van der Waals surface area contributed by atoms with Crippen LogP contribution in [0, 0.1) is 6.92 Å². The second-order valence-electron chi connectivity index (χ2n) is 14.6. The Kier molecular flexibility index (Phi) is 18.8. The number of aliphatic hydroxyl groups excluding tert-OH is 1. The van der Waals surface area contributed by atoms with Gasteiger partial charge in [0.25, 0.3) is 10.1 Å². The molecular formula is C47H64O5S. The average Bonchev–Trinajstić information content (AvgIpc) is 3.18. The normalized spacial score (nSPS) is 12.6. The third-order valence-electron chi connectivity index (χ3n) is 10.3. The quantitative estimate of drug-likeness (QED) is 0.0374. The molecule has 1 unspecified atom stereocenters. The Hall–Kier alpha value is -3.29. The van der Waals surface area contributed by atoms with E-state index < -0.39 is 28.4 Å². The summed E-state index contributed by atoms with van der Waals surface area (Å²) >= 11 is 0. The molecule has 0 aromatic heterocycles. The molecule has 1 atom stereocenters. The zero-order valence-electron chi connectivity index (χ0n) is 32.4. The van der Waals surface area contributed by atoms with Gasteiger partial charge in [-0.05, 0) is 48.1 Å². The lowest BCUT2D eigenvalue weighted by Crippen LogP contribution is -2.38. The third-order valence-corrected chi connectivity index (χ3v) is 11.7. The summed E-state index contributed by atoms with van der Waals surface area (Å²) in [7, 11) is -4.19. The lowest BCUT2D eigenvalue weighted by Gasteiger charge is -2.36. The maximum absolute atomic E-state index is 13.9. The molecular weight excluding hydrogens is 677 g/mol. The standard InChI is InChI=1S/C47H64O5S/c1-3-4-5-6-7-8-9-10-11-12-13-14-15-16-17-21-28-41-37-40(2)35-36-46(41)53(49,50)52-45(38-48)39-51-47(42-29-22-18-23-30-42,43-31-24-19-25-32-43)44-33-26-20-27-34-44/h18-20,22-27,29-37,45,48H,3-17,21,28,38-39H2,1-2H3. The van der Waals surface area contributed by atoms with E-state index in [9.17, 15) is 13.5 Å². The molecule has 6 heteroatoms. The van der Waals surface area contributed by atoms with Gasteiger partial charge in [-0.15, -0.1) is 0 Å². The Morgan fingerprint density at radius 1 is 0.585 bits per heavy atom. The van der Waals surface area contributed by atoms with Gasteiger partial charge in [-0.25, -0.2) is 0 Å². The highest BCUT2D eigenvalue weighted by molar-refractivity contribution is 7.86. The van der Waals surface area contributed by atoms with Gasteiger partial charge in [-0.1, -0.05) is 212 Å². The van der Waals surface area contributed by atoms with Crippen LogP contribution in [0.25, 0.3) is 0 Å². The van der Waals surface area contributed by atoms with Crippen molar-refractivity contribution >= 4 is 10.1 Å². The number of hydrogen-bond donors (Lipinski definition) is 1. The Bertz CT molecular complexity index is 1560. The number of aliphatic hydroxyl groups is 1. The van der Waals surface area contributed by atoms with Crippen LogP contribution in [0.15, 0.2) is 114 Å². The molecule has 53 heavy (non-hydrogen) atoms. The third kappa shape index (κ3) is 13.5. The fourth-order valence-corrected chi connectivity index (χ4v) is 8.63. The fraction of sp³-hybridized carbons (Fsp3) is 0.489. The van der Waals surface area contributed by atoms with Gasteiger partial charge in [0.15, 0.2) is 0 Å². The predicted octanol–water partition coefficient (Wildman–Crippen LogP) is 11.9. The van der Waals surface area contributed by atoms with Crippen LogP contribution in [0.1, 0.15) is 137 Å². The van der Waals surface area contributed by atoms with Crippen LogP contribution in [-0.4, -0.2) is 32.8 Å². The highest BCUT2D eigenvalue weighted by Gasteiger charge is 2.39. The number of hydrogen-bond acceptors (Lipinski definition) is 5. The molecule has 0 fully saturated rings. The first-order chi connectivity index (χ1) is 25.9. The molecule has 1 N–H and O–H groups in total. The van der Waals surface area contributed by atoms with Gasteiger partial charge in [0.05, 0.1) is 18.1 Å². The van der Waals surface area contributed by atoms with Gasteiger partial charge in [-0.3, -0.25) is 4.18 Å². The smallest absolute Gasteiger partial charge is 0.297 e. The van der Waals surface area contributed by atoms with Gasteiger partial charge in [0, 0.05) is 0 Å². The SMILES string of the molecule is CCCCCCCCCCCCCCCCCCc1cc(C)ccc1S(=O)(=O)OC(CO)COC(c1ccccc1)(c1ccccc1)c1ccccc1. The van der Waals surface area contributed by atoms with E-state index in [1.54, 1.807) is 6.07 Å². The largest absolute Gasteiger partial charge is 0.394 e. The summed E-state index contributed by atoms with van der Waals surface area (Å²) in [6.07, 6.45) is 20.3. The first-order valence-corrected chi connectivity index (χ1v) is 21.8. The number of rotatable bonds is 27. The molecule has 4 aromatic carbocycles. The average molecular weight is 741 g/mol. The lowest BCUT2D eigenvalue weighted by atomic mass is 9.80. The van der Waals surface area contributed by atoms with Crippen LogP contribution in [0.5, 0.6) is 0 Å². The van der Waals surface area contributed by atoms with E-state index in [2.05, 4.69) is 6.92 Å². The minimum atomic E-state index is -4.19. The Morgan fingerprint density at radius 3 is 1.42 bits per heavy atom. The predicted molar refractivity (Wildman–Crippen MR) is 219 cm³/mol. The maximum Gasteiger partial charge on any atom is 0.297 e. The van der Waals surface area contributed by atoms with Gasteiger partial charge < -0.3 is 9.84 Å². The van der Waals surface area contributed by atoms with E-state index >= 15 is 0 Å². The van der Waals surface area contributed by atoms with Crippen LogP contribution in [0.2, 0.25) is 0 Å². The van der Waals surface area contributed by atoms with Crippen molar-refractivity contribution in [2.24, 2.45) is 0 Å². The Morgan fingerprint density at radius 2 is 1.00 bits per heavy atom. The van der Waals surface area contributed by atoms with Crippen molar-refractivity contribution in [3.63, 3.8) is 0 Å². The van der Waals surface area contributed by atoms with E-state index in [4.69, 9.17) is 8.92 Å². The van der Waals surface area contributed by atoms with E-state index in [0.717, 1.165) is 47.1 Å². The molecule has 0 amide bonds. The summed E-state index contributed by atoms with van der Waals surface area (Å²) in [5, 5.41) is 10.4.